The van der Waals surface area contributed by atoms with Crippen molar-refractivity contribution in [2.75, 3.05) is 11.9 Å². The normalized spacial score (nSPS) is 19.3. The fourth-order valence-electron chi connectivity index (χ4n) is 2.15. The maximum Gasteiger partial charge on any atom is 0.0641 e. The van der Waals surface area contributed by atoms with Crippen LogP contribution in [-0.2, 0) is 6.42 Å². The van der Waals surface area contributed by atoms with Gasteiger partial charge in [-0.2, -0.15) is 0 Å². The van der Waals surface area contributed by atoms with Gasteiger partial charge in [0, 0.05) is 18.3 Å². The Hall–Kier alpha value is -1.31. The van der Waals surface area contributed by atoms with Crippen LogP contribution in [0.1, 0.15) is 30.7 Å². The SMILES string of the molecule is C=C(C)c1cnc2c(c1C)NCC(C)C2. The first-order chi connectivity index (χ1) is 7.09. The molecule has 0 saturated carbocycles. The van der Waals surface area contributed by atoms with Crippen molar-refractivity contribution in [1.82, 2.24) is 4.98 Å². The Morgan fingerprint density at radius 3 is 3.00 bits per heavy atom. The average Bonchev–Trinajstić information content (AvgIpc) is 2.17. The number of anilines is 1. The lowest BCUT2D eigenvalue weighted by atomic mass is 9.95. The Bertz CT molecular complexity index is 407. The molecule has 1 unspecified atom stereocenters. The molecule has 2 heteroatoms. The molecule has 2 heterocycles. The van der Waals surface area contributed by atoms with Crippen LogP contribution in [0.25, 0.3) is 5.57 Å². The van der Waals surface area contributed by atoms with Crippen LogP contribution in [0.15, 0.2) is 12.8 Å². The van der Waals surface area contributed by atoms with Gasteiger partial charge in [-0.05, 0) is 37.3 Å². The summed E-state index contributed by atoms with van der Waals surface area (Å²) in [4.78, 5) is 4.53. The van der Waals surface area contributed by atoms with Gasteiger partial charge in [0.25, 0.3) is 0 Å². The molecule has 1 aliphatic heterocycles. The molecular weight excluding hydrogens is 184 g/mol. The summed E-state index contributed by atoms with van der Waals surface area (Å²) in [5.41, 5.74) is 5.99. The molecule has 2 nitrogen and oxygen atoms in total. The van der Waals surface area contributed by atoms with Gasteiger partial charge in [-0.15, -0.1) is 0 Å². The lowest BCUT2D eigenvalue weighted by Gasteiger charge is -2.25. The summed E-state index contributed by atoms with van der Waals surface area (Å²) in [6.45, 7) is 11.5. The number of aromatic nitrogens is 1. The van der Waals surface area contributed by atoms with Crippen molar-refractivity contribution in [2.45, 2.75) is 27.2 Å². The highest BCUT2D eigenvalue weighted by molar-refractivity contribution is 5.71. The van der Waals surface area contributed by atoms with E-state index in [-0.39, 0.29) is 0 Å². The Balaban J connectivity index is 2.49. The molecule has 0 amide bonds. The van der Waals surface area contributed by atoms with Crippen molar-refractivity contribution >= 4 is 11.3 Å². The highest BCUT2D eigenvalue weighted by Crippen LogP contribution is 2.30. The van der Waals surface area contributed by atoms with Crippen LogP contribution in [0.3, 0.4) is 0 Å². The van der Waals surface area contributed by atoms with E-state index in [1.807, 2.05) is 13.1 Å². The molecule has 0 aromatic carbocycles. The van der Waals surface area contributed by atoms with Gasteiger partial charge in [0.2, 0.25) is 0 Å². The van der Waals surface area contributed by atoms with Gasteiger partial charge in [0.1, 0.15) is 0 Å². The van der Waals surface area contributed by atoms with Crippen molar-refractivity contribution in [3.05, 3.63) is 29.6 Å². The molecule has 0 radical (unpaired) electrons. The summed E-state index contributed by atoms with van der Waals surface area (Å²) in [6.07, 6.45) is 3.04. The molecule has 80 valence electrons. The molecule has 0 aliphatic carbocycles. The Morgan fingerprint density at radius 2 is 2.33 bits per heavy atom. The molecule has 2 rings (SSSR count). The molecule has 1 aromatic rings. The Kier molecular flexibility index (Phi) is 2.51. The molecule has 1 aromatic heterocycles. The summed E-state index contributed by atoms with van der Waals surface area (Å²) >= 11 is 0. The van der Waals surface area contributed by atoms with Crippen LogP contribution < -0.4 is 5.32 Å². The molecule has 1 N–H and O–H groups in total. The van der Waals surface area contributed by atoms with Gasteiger partial charge in [0.05, 0.1) is 11.4 Å². The second kappa shape index (κ2) is 3.69. The third-order valence-electron chi connectivity index (χ3n) is 3.05. The van der Waals surface area contributed by atoms with E-state index in [9.17, 15) is 0 Å². The zero-order valence-corrected chi connectivity index (χ0v) is 9.72. The highest BCUT2D eigenvalue weighted by atomic mass is 14.9. The zero-order chi connectivity index (χ0) is 11.0. The first kappa shape index (κ1) is 10.2. The summed E-state index contributed by atoms with van der Waals surface area (Å²) < 4.78 is 0. The van der Waals surface area contributed by atoms with Crippen molar-refractivity contribution in [3.8, 4) is 0 Å². The molecule has 0 spiro atoms. The molecule has 0 bridgehead atoms. The summed E-state index contributed by atoms with van der Waals surface area (Å²) in [5, 5.41) is 3.47. The number of hydrogen-bond acceptors (Lipinski definition) is 2. The van der Waals surface area contributed by atoms with Gasteiger partial charge < -0.3 is 5.32 Å². The standard InChI is InChI=1S/C13H18N2/c1-8(2)11-7-14-12-5-9(3)6-15-13(12)10(11)4/h7,9,15H,1,5-6H2,2-4H3. The Labute approximate surface area is 91.4 Å². The van der Waals surface area contributed by atoms with E-state index in [0.29, 0.717) is 5.92 Å². The third kappa shape index (κ3) is 1.76. The second-order valence-electron chi connectivity index (χ2n) is 4.59. The van der Waals surface area contributed by atoms with E-state index < -0.39 is 0 Å². The third-order valence-corrected chi connectivity index (χ3v) is 3.05. The molecule has 15 heavy (non-hydrogen) atoms. The van der Waals surface area contributed by atoms with Crippen molar-refractivity contribution < 1.29 is 0 Å². The van der Waals surface area contributed by atoms with E-state index in [4.69, 9.17) is 0 Å². The lowest BCUT2D eigenvalue weighted by Crippen LogP contribution is -2.22. The minimum atomic E-state index is 0.681. The van der Waals surface area contributed by atoms with Crippen LogP contribution in [0.5, 0.6) is 0 Å². The number of nitrogens with zero attached hydrogens (tertiary/aromatic N) is 1. The average molecular weight is 202 g/mol. The van der Waals surface area contributed by atoms with Gasteiger partial charge in [-0.1, -0.05) is 13.5 Å². The van der Waals surface area contributed by atoms with Gasteiger partial charge in [-0.25, -0.2) is 0 Å². The lowest BCUT2D eigenvalue weighted by molar-refractivity contribution is 0.582. The smallest absolute Gasteiger partial charge is 0.0641 e. The van der Waals surface area contributed by atoms with E-state index in [1.165, 1.54) is 22.5 Å². The van der Waals surface area contributed by atoms with Gasteiger partial charge in [0.15, 0.2) is 0 Å². The molecule has 0 fully saturated rings. The number of nitrogens with one attached hydrogen (secondary N) is 1. The summed E-state index contributed by atoms with van der Waals surface area (Å²) in [6, 6.07) is 0. The zero-order valence-electron chi connectivity index (χ0n) is 9.72. The van der Waals surface area contributed by atoms with Crippen LogP contribution in [0, 0.1) is 12.8 Å². The van der Waals surface area contributed by atoms with E-state index in [0.717, 1.165) is 18.5 Å². The van der Waals surface area contributed by atoms with Crippen molar-refractivity contribution in [3.63, 3.8) is 0 Å². The number of pyridine rings is 1. The fraction of sp³-hybridized carbons (Fsp3) is 0.462. The van der Waals surface area contributed by atoms with E-state index in [1.54, 1.807) is 0 Å². The maximum atomic E-state index is 4.53. The minimum absolute atomic E-state index is 0.681. The number of allylic oxidation sites excluding steroid dienone is 1. The van der Waals surface area contributed by atoms with E-state index in [2.05, 4.69) is 30.7 Å². The highest BCUT2D eigenvalue weighted by Gasteiger charge is 2.18. The molecule has 0 saturated heterocycles. The largest absolute Gasteiger partial charge is 0.383 e. The summed E-state index contributed by atoms with van der Waals surface area (Å²) in [7, 11) is 0. The van der Waals surface area contributed by atoms with Crippen molar-refractivity contribution in [2.24, 2.45) is 5.92 Å². The number of hydrogen-bond donors (Lipinski definition) is 1. The predicted molar refractivity (Wildman–Crippen MR) is 65.0 cm³/mol. The van der Waals surface area contributed by atoms with Crippen LogP contribution in [-0.4, -0.2) is 11.5 Å². The number of rotatable bonds is 1. The van der Waals surface area contributed by atoms with Gasteiger partial charge >= 0.3 is 0 Å². The molecular formula is C13H18N2. The first-order valence-electron chi connectivity index (χ1n) is 5.47. The molecule has 1 atom stereocenters. The maximum absolute atomic E-state index is 4.53. The quantitative estimate of drug-likeness (QED) is 0.757. The number of fused-ring (bicyclic) bond motifs is 1. The fourth-order valence-corrected chi connectivity index (χ4v) is 2.15. The molecule has 1 aliphatic rings. The monoisotopic (exact) mass is 202 g/mol. The summed E-state index contributed by atoms with van der Waals surface area (Å²) in [5.74, 6) is 0.681. The topological polar surface area (TPSA) is 24.9 Å². The second-order valence-corrected chi connectivity index (χ2v) is 4.59. The first-order valence-corrected chi connectivity index (χ1v) is 5.47. The van der Waals surface area contributed by atoms with Crippen LogP contribution in [0.4, 0.5) is 5.69 Å². The Morgan fingerprint density at radius 1 is 1.60 bits per heavy atom. The van der Waals surface area contributed by atoms with Crippen LogP contribution in [0.2, 0.25) is 0 Å². The predicted octanol–water partition coefficient (Wildman–Crippen LogP) is 3.03. The van der Waals surface area contributed by atoms with Crippen molar-refractivity contribution in [1.29, 1.82) is 0 Å². The van der Waals surface area contributed by atoms with Crippen LogP contribution >= 0.6 is 0 Å². The van der Waals surface area contributed by atoms with E-state index >= 15 is 0 Å². The van der Waals surface area contributed by atoms with Gasteiger partial charge in [-0.3, -0.25) is 4.98 Å². The minimum Gasteiger partial charge on any atom is -0.383 e.